The van der Waals surface area contributed by atoms with Crippen LogP contribution < -0.4 is 10.6 Å². The number of benzene rings is 4. The van der Waals surface area contributed by atoms with Crippen LogP contribution in [0.1, 0.15) is 61.9 Å². The fraction of sp³-hybridized carbons (Fsp3) is 0.278. The molecule has 5 rings (SSSR count). The van der Waals surface area contributed by atoms with Crippen molar-refractivity contribution in [2.45, 2.75) is 50.2 Å². The number of carbonyl (C=O) groups excluding carboxylic acids is 2. The molecular formula is C36H35F4N3O3. The molecule has 1 aliphatic heterocycles. The maximum Gasteiger partial charge on any atom is 0.416 e. The van der Waals surface area contributed by atoms with Crippen molar-refractivity contribution in [3.8, 4) is 0 Å². The molecule has 0 aliphatic carbocycles. The molecule has 240 valence electrons. The highest BCUT2D eigenvalue weighted by atomic mass is 19.4. The summed E-state index contributed by atoms with van der Waals surface area (Å²) in [5.41, 5.74) is 1.95. The van der Waals surface area contributed by atoms with Crippen LogP contribution in [0.5, 0.6) is 0 Å². The monoisotopic (exact) mass is 633 g/mol. The van der Waals surface area contributed by atoms with Gasteiger partial charge in [0.1, 0.15) is 5.82 Å². The number of hydrogen-bond donors (Lipinski definition) is 3. The summed E-state index contributed by atoms with van der Waals surface area (Å²) in [6.45, 7) is 0.634. The van der Waals surface area contributed by atoms with Gasteiger partial charge in [0.05, 0.1) is 23.8 Å². The van der Waals surface area contributed by atoms with Gasteiger partial charge in [-0.1, -0.05) is 66.7 Å². The number of aliphatic hydroxyl groups is 1. The van der Waals surface area contributed by atoms with Gasteiger partial charge in [-0.15, -0.1) is 0 Å². The van der Waals surface area contributed by atoms with Crippen LogP contribution in [0.4, 0.5) is 17.6 Å². The molecule has 4 aromatic rings. The maximum absolute atomic E-state index is 13.6. The number of likely N-dealkylation sites (tertiary alicyclic amines) is 1. The minimum atomic E-state index is -4.46. The first-order chi connectivity index (χ1) is 22.1. The second-order valence-electron chi connectivity index (χ2n) is 11.5. The van der Waals surface area contributed by atoms with Crippen LogP contribution in [-0.2, 0) is 19.1 Å². The zero-order valence-electron chi connectivity index (χ0n) is 25.0. The number of alkyl halides is 3. The molecule has 1 saturated heterocycles. The average molecular weight is 634 g/mol. The SMILES string of the molecule is O=C(N[C@@H](Cc1ccccc1)[C@H](O)CNCc1cccc(C(F)(F)F)c1)c1cccc(C(=O)N2CCCC2c2ccc(F)cc2)c1. The maximum atomic E-state index is 13.6. The van der Waals surface area contributed by atoms with Gasteiger partial charge < -0.3 is 20.6 Å². The first kappa shape index (κ1) is 32.8. The Labute approximate surface area is 265 Å². The third kappa shape index (κ3) is 8.38. The molecule has 0 saturated carbocycles. The topological polar surface area (TPSA) is 81.7 Å². The van der Waals surface area contributed by atoms with Crippen molar-refractivity contribution in [2.75, 3.05) is 13.1 Å². The van der Waals surface area contributed by atoms with Gasteiger partial charge in [-0.2, -0.15) is 13.2 Å². The summed E-state index contributed by atoms with van der Waals surface area (Å²) in [7, 11) is 0. The molecule has 3 atom stereocenters. The summed E-state index contributed by atoms with van der Waals surface area (Å²) >= 11 is 0. The van der Waals surface area contributed by atoms with E-state index in [2.05, 4.69) is 10.6 Å². The quantitative estimate of drug-likeness (QED) is 0.169. The van der Waals surface area contributed by atoms with Crippen LogP contribution in [0.3, 0.4) is 0 Å². The van der Waals surface area contributed by atoms with E-state index in [1.807, 2.05) is 30.3 Å². The van der Waals surface area contributed by atoms with Gasteiger partial charge in [0.25, 0.3) is 11.8 Å². The van der Waals surface area contributed by atoms with Crippen molar-refractivity contribution in [2.24, 2.45) is 0 Å². The molecule has 0 radical (unpaired) electrons. The number of nitrogens with one attached hydrogen (secondary N) is 2. The van der Waals surface area contributed by atoms with Crippen LogP contribution >= 0.6 is 0 Å². The van der Waals surface area contributed by atoms with Gasteiger partial charge in [-0.05, 0) is 72.4 Å². The van der Waals surface area contributed by atoms with Gasteiger partial charge in [0.2, 0.25) is 0 Å². The van der Waals surface area contributed by atoms with E-state index in [9.17, 15) is 32.3 Å². The number of halogens is 4. The van der Waals surface area contributed by atoms with Crippen LogP contribution in [0.15, 0.2) is 103 Å². The van der Waals surface area contributed by atoms with E-state index in [4.69, 9.17) is 0 Å². The normalized spacial score (nSPS) is 16.2. The molecule has 3 N–H and O–H groups in total. The number of amides is 2. The third-order valence-electron chi connectivity index (χ3n) is 8.16. The Hall–Kier alpha value is -4.54. The van der Waals surface area contributed by atoms with Gasteiger partial charge in [0.15, 0.2) is 0 Å². The highest BCUT2D eigenvalue weighted by molar-refractivity contribution is 6.00. The molecule has 0 bridgehead atoms. The van der Waals surface area contributed by atoms with Crippen molar-refractivity contribution >= 4 is 11.8 Å². The van der Waals surface area contributed by atoms with Gasteiger partial charge in [-0.3, -0.25) is 9.59 Å². The van der Waals surface area contributed by atoms with E-state index in [1.54, 1.807) is 41.3 Å². The fourth-order valence-electron chi connectivity index (χ4n) is 5.77. The Balaban J connectivity index is 1.27. The molecule has 1 aliphatic rings. The molecule has 1 heterocycles. The lowest BCUT2D eigenvalue weighted by Crippen LogP contribution is -2.48. The van der Waals surface area contributed by atoms with E-state index < -0.39 is 29.8 Å². The number of carbonyl (C=O) groups is 2. The standard InChI is InChI=1S/C36H35F4N3O3/c37-30-16-14-26(15-17-30)32-13-6-18-43(32)35(46)28-11-5-10-27(21-28)34(45)42-31(20-24-7-2-1-3-8-24)33(44)23-41-22-25-9-4-12-29(19-25)36(38,39)40/h1-5,7-12,14-17,19,21,31-33,41,44H,6,13,18,20,22-23H2,(H,42,45)/t31-,32?,33+/m0/s1. The lowest BCUT2D eigenvalue weighted by Gasteiger charge is -2.26. The lowest BCUT2D eigenvalue weighted by atomic mass is 10.00. The zero-order valence-corrected chi connectivity index (χ0v) is 25.0. The Morgan fingerprint density at radius 2 is 1.57 bits per heavy atom. The van der Waals surface area contributed by atoms with Crippen LogP contribution in [0, 0.1) is 5.82 Å². The van der Waals surface area contributed by atoms with Crippen molar-refractivity contribution < 1.29 is 32.3 Å². The first-order valence-corrected chi connectivity index (χ1v) is 15.1. The van der Waals surface area contributed by atoms with E-state index in [1.165, 1.54) is 24.3 Å². The van der Waals surface area contributed by atoms with Crippen LogP contribution in [0.25, 0.3) is 0 Å². The van der Waals surface area contributed by atoms with Gasteiger partial charge in [-0.25, -0.2) is 4.39 Å². The van der Waals surface area contributed by atoms with Crippen LogP contribution in [0.2, 0.25) is 0 Å². The Morgan fingerprint density at radius 3 is 2.30 bits per heavy atom. The Morgan fingerprint density at radius 1 is 0.870 bits per heavy atom. The summed E-state index contributed by atoms with van der Waals surface area (Å²) < 4.78 is 52.8. The van der Waals surface area contributed by atoms with Crippen LogP contribution in [-0.4, -0.2) is 47.1 Å². The third-order valence-corrected chi connectivity index (χ3v) is 8.16. The number of rotatable bonds is 11. The smallest absolute Gasteiger partial charge is 0.390 e. The molecule has 46 heavy (non-hydrogen) atoms. The molecule has 6 nitrogen and oxygen atoms in total. The summed E-state index contributed by atoms with van der Waals surface area (Å²) in [5.74, 6) is -1.06. The minimum Gasteiger partial charge on any atom is -0.390 e. The van der Waals surface area contributed by atoms with E-state index in [0.29, 0.717) is 24.1 Å². The summed E-state index contributed by atoms with van der Waals surface area (Å²) in [6, 6.07) is 25.8. The largest absolute Gasteiger partial charge is 0.416 e. The van der Waals surface area contributed by atoms with Crippen molar-refractivity contribution in [3.63, 3.8) is 0 Å². The van der Waals surface area contributed by atoms with Gasteiger partial charge >= 0.3 is 6.18 Å². The number of nitrogens with zero attached hydrogens (tertiary/aromatic N) is 1. The van der Waals surface area contributed by atoms with Crippen molar-refractivity contribution in [1.29, 1.82) is 0 Å². The fourth-order valence-corrected chi connectivity index (χ4v) is 5.77. The molecule has 4 aromatic carbocycles. The summed E-state index contributed by atoms with van der Waals surface area (Å²) in [5, 5.41) is 17.0. The molecule has 2 amide bonds. The number of hydrogen-bond acceptors (Lipinski definition) is 4. The summed E-state index contributed by atoms with van der Waals surface area (Å²) in [6.07, 6.45) is -3.69. The molecule has 0 aromatic heterocycles. The molecule has 1 unspecified atom stereocenters. The highest BCUT2D eigenvalue weighted by Crippen LogP contribution is 2.33. The van der Waals surface area contributed by atoms with Crippen molar-refractivity contribution in [1.82, 2.24) is 15.5 Å². The highest BCUT2D eigenvalue weighted by Gasteiger charge is 2.32. The van der Waals surface area contributed by atoms with E-state index >= 15 is 0 Å². The predicted octanol–water partition coefficient (Wildman–Crippen LogP) is 6.31. The van der Waals surface area contributed by atoms with E-state index in [-0.39, 0.29) is 36.4 Å². The molecule has 1 fully saturated rings. The number of aliphatic hydroxyl groups excluding tert-OH is 1. The average Bonchev–Trinajstić information content (AvgIpc) is 3.55. The predicted molar refractivity (Wildman–Crippen MR) is 166 cm³/mol. The molecular weight excluding hydrogens is 598 g/mol. The van der Waals surface area contributed by atoms with Crippen molar-refractivity contribution in [3.05, 3.63) is 142 Å². The molecule has 0 spiro atoms. The second-order valence-corrected chi connectivity index (χ2v) is 11.5. The molecule has 10 heteroatoms. The van der Waals surface area contributed by atoms with E-state index in [0.717, 1.165) is 36.1 Å². The van der Waals surface area contributed by atoms with Gasteiger partial charge in [0, 0.05) is 30.8 Å². The summed E-state index contributed by atoms with van der Waals surface area (Å²) in [4.78, 5) is 28.8. The first-order valence-electron chi connectivity index (χ1n) is 15.1. The Kier molecular flexibility index (Phi) is 10.5. The second kappa shape index (κ2) is 14.7. The minimum absolute atomic E-state index is 0.00624. The lowest BCUT2D eigenvalue weighted by molar-refractivity contribution is -0.137. The zero-order chi connectivity index (χ0) is 32.7. The Bertz CT molecular complexity index is 1630.